The van der Waals surface area contributed by atoms with Gasteiger partial charge in [-0.05, 0) is 35.7 Å². The van der Waals surface area contributed by atoms with Gasteiger partial charge in [-0.1, -0.05) is 41.6 Å². The second-order valence-electron chi connectivity index (χ2n) is 7.91. The number of hydrogen-bond acceptors (Lipinski definition) is 4. The van der Waals surface area contributed by atoms with Gasteiger partial charge in [-0.2, -0.15) is 0 Å². The van der Waals surface area contributed by atoms with E-state index in [1.807, 2.05) is 36.1 Å². The molecule has 0 aliphatic carbocycles. The monoisotopic (exact) mass is 421 g/mol. The second-order valence-corrected chi connectivity index (χ2v) is 7.91. The van der Waals surface area contributed by atoms with Crippen LogP contribution in [0.1, 0.15) is 33.6 Å². The summed E-state index contributed by atoms with van der Waals surface area (Å²) in [4.78, 5) is 26.7. The average Bonchev–Trinajstić information content (AvgIpc) is 3.36. The number of likely N-dealkylation sites (tertiary alicyclic amines) is 1. The number of nitrogens with zero attached hydrogens (tertiary/aromatic N) is 4. The number of carbonyl (C=O) groups is 2. The minimum Gasteiger partial charge on any atom is -0.350 e. The summed E-state index contributed by atoms with van der Waals surface area (Å²) in [6, 6.07) is 14.1. The van der Waals surface area contributed by atoms with E-state index in [4.69, 9.17) is 0 Å². The lowest BCUT2D eigenvalue weighted by molar-refractivity contribution is -0.128. The molecule has 2 aromatic carbocycles. The van der Waals surface area contributed by atoms with E-state index in [-0.39, 0.29) is 29.2 Å². The average molecular weight is 421 g/mol. The van der Waals surface area contributed by atoms with E-state index in [2.05, 4.69) is 15.6 Å². The molecule has 7 nitrogen and oxygen atoms in total. The summed E-state index contributed by atoms with van der Waals surface area (Å²) in [6.07, 6.45) is 1.98. The van der Waals surface area contributed by atoms with Crippen LogP contribution in [0.25, 0.3) is 0 Å². The molecule has 1 aliphatic rings. The zero-order chi connectivity index (χ0) is 21.8. The van der Waals surface area contributed by atoms with Crippen molar-refractivity contribution >= 4 is 11.8 Å². The summed E-state index contributed by atoms with van der Waals surface area (Å²) in [7, 11) is 0. The van der Waals surface area contributed by atoms with E-state index in [9.17, 15) is 14.0 Å². The fourth-order valence-electron chi connectivity index (χ4n) is 3.72. The largest absolute Gasteiger partial charge is 0.350 e. The molecule has 1 aliphatic heterocycles. The van der Waals surface area contributed by atoms with Gasteiger partial charge in [0.2, 0.25) is 5.91 Å². The number of aromatic nitrogens is 3. The molecular weight excluding hydrogens is 397 g/mol. The normalized spacial score (nSPS) is 16.0. The highest BCUT2D eigenvalue weighted by Gasteiger charge is 2.30. The van der Waals surface area contributed by atoms with Crippen molar-refractivity contribution in [2.45, 2.75) is 26.4 Å². The highest BCUT2D eigenvalue weighted by atomic mass is 19.1. The maximum Gasteiger partial charge on any atom is 0.273 e. The Balaban J connectivity index is 1.28. The summed E-state index contributed by atoms with van der Waals surface area (Å²) in [5.41, 5.74) is 3.37. The lowest BCUT2D eigenvalue weighted by Crippen LogP contribution is -2.31. The molecule has 0 saturated carbocycles. The predicted molar refractivity (Wildman–Crippen MR) is 113 cm³/mol. The molecule has 1 atom stereocenters. The molecule has 1 N–H and O–H groups in total. The third-order valence-corrected chi connectivity index (χ3v) is 5.50. The van der Waals surface area contributed by atoms with Crippen molar-refractivity contribution in [3.05, 3.63) is 82.9 Å². The molecule has 3 aromatic rings. The molecule has 0 spiro atoms. The minimum absolute atomic E-state index is 0.0646. The molecule has 1 saturated heterocycles. The SMILES string of the molecule is Cc1ccccc1CN1CC(CNC(=O)c2cn(Cc3ccc(F)cc3)nn2)CC1=O. The number of hydrogen-bond donors (Lipinski definition) is 1. The van der Waals surface area contributed by atoms with Crippen molar-refractivity contribution in [2.24, 2.45) is 5.92 Å². The zero-order valence-corrected chi connectivity index (χ0v) is 17.3. The first-order chi connectivity index (χ1) is 15.0. The highest BCUT2D eigenvalue weighted by molar-refractivity contribution is 5.91. The van der Waals surface area contributed by atoms with Crippen molar-refractivity contribution in [3.63, 3.8) is 0 Å². The van der Waals surface area contributed by atoms with Gasteiger partial charge in [0, 0.05) is 32.0 Å². The Morgan fingerprint density at radius 2 is 1.94 bits per heavy atom. The third kappa shape index (κ3) is 5.14. The fourth-order valence-corrected chi connectivity index (χ4v) is 3.72. The van der Waals surface area contributed by atoms with Crippen LogP contribution in [-0.4, -0.2) is 44.8 Å². The van der Waals surface area contributed by atoms with E-state index in [0.29, 0.717) is 32.6 Å². The molecule has 31 heavy (non-hydrogen) atoms. The maximum absolute atomic E-state index is 13.0. The Hall–Kier alpha value is -3.55. The van der Waals surface area contributed by atoms with Gasteiger partial charge in [0.1, 0.15) is 5.82 Å². The molecule has 1 fully saturated rings. The lowest BCUT2D eigenvalue weighted by atomic mass is 10.1. The van der Waals surface area contributed by atoms with Gasteiger partial charge < -0.3 is 10.2 Å². The van der Waals surface area contributed by atoms with Crippen molar-refractivity contribution in [2.75, 3.05) is 13.1 Å². The Morgan fingerprint density at radius 1 is 1.16 bits per heavy atom. The Bertz CT molecular complexity index is 1080. The number of amides is 2. The summed E-state index contributed by atoms with van der Waals surface area (Å²) in [5, 5.41) is 10.7. The van der Waals surface area contributed by atoms with E-state index >= 15 is 0 Å². The summed E-state index contributed by atoms with van der Waals surface area (Å²) in [6.45, 7) is 4.04. The summed E-state index contributed by atoms with van der Waals surface area (Å²) < 4.78 is 14.5. The van der Waals surface area contributed by atoms with Crippen molar-refractivity contribution in [1.82, 2.24) is 25.2 Å². The number of halogens is 1. The first-order valence-corrected chi connectivity index (χ1v) is 10.2. The van der Waals surface area contributed by atoms with Crippen molar-refractivity contribution in [1.29, 1.82) is 0 Å². The number of carbonyl (C=O) groups excluding carboxylic acids is 2. The number of rotatable bonds is 7. The molecule has 1 unspecified atom stereocenters. The third-order valence-electron chi connectivity index (χ3n) is 5.50. The van der Waals surface area contributed by atoms with Crippen LogP contribution >= 0.6 is 0 Å². The maximum atomic E-state index is 13.0. The van der Waals surface area contributed by atoms with Gasteiger partial charge in [-0.3, -0.25) is 9.59 Å². The van der Waals surface area contributed by atoms with Gasteiger partial charge in [0.25, 0.3) is 5.91 Å². The molecule has 0 radical (unpaired) electrons. The van der Waals surface area contributed by atoms with Crippen LogP contribution in [0.4, 0.5) is 4.39 Å². The van der Waals surface area contributed by atoms with Gasteiger partial charge in [0.05, 0.1) is 12.7 Å². The Labute approximate surface area is 179 Å². The van der Waals surface area contributed by atoms with E-state index < -0.39 is 0 Å². The van der Waals surface area contributed by atoms with Gasteiger partial charge in [-0.25, -0.2) is 9.07 Å². The molecule has 160 valence electrons. The number of aryl methyl sites for hydroxylation is 1. The van der Waals surface area contributed by atoms with E-state index in [1.54, 1.807) is 18.3 Å². The second kappa shape index (κ2) is 9.07. The highest BCUT2D eigenvalue weighted by Crippen LogP contribution is 2.21. The van der Waals surface area contributed by atoms with Crippen LogP contribution in [0, 0.1) is 18.7 Å². The quantitative estimate of drug-likeness (QED) is 0.636. The Kier molecular flexibility index (Phi) is 6.06. The molecule has 2 heterocycles. The molecular formula is C23H24FN5O2. The first-order valence-electron chi connectivity index (χ1n) is 10.2. The van der Waals surface area contributed by atoms with E-state index in [1.165, 1.54) is 16.8 Å². The Morgan fingerprint density at radius 3 is 2.71 bits per heavy atom. The molecule has 4 rings (SSSR count). The van der Waals surface area contributed by atoms with Crippen LogP contribution in [-0.2, 0) is 17.9 Å². The molecule has 2 amide bonds. The predicted octanol–water partition coefficient (Wildman–Crippen LogP) is 2.55. The van der Waals surface area contributed by atoms with Crippen LogP contribution in [0.15, 0.2) is 54.7 Å². The van der Waals surface area contributed by atoms with Crippen molar-refractivity contribution < 1.29 is 14.0 Å². The zero-order valence-electron chi connectivity index (χ0n) is 17.3. The fraction of sp³-hybridized carbons (Fsp3) is 0.304. The van der Waals surface area contributed by atoms with Crippen molar-refractivity contribution in [3.8, 4) is 0 Å². The van der Waals surface area contributed by atoms with Crippen LogP contribution in [0.2, 0.25) is 0 Å². The molecule has 1 aromatic heterocycles. The van der Waals surface area contributed by atoms with Gasteiger partial charge in [0.15, 0.2) is 5.69 Å². The standard InChI is InChI=1S/C23H24FN5O2/c1-16-4-2-3-5-19(16)14-28-12-18(10-22(28)30)11-25-23(31)21-15-29(27-26-21)13-17-6-8-20(24)9-7-17/h2-9,15,18H,10-14H2,1H3,(H,25,31). The van der Waals surface area contributed by atoms with Gasteiger partial charge >= 0.3 is 0 Å². The molecule has 8 heteroatoms. The van der Waals surface area contributed by atoms with E-state index in [0.717, 1.165) is 16.7 Å². The first kappa shape index (κ1) is 20.7. The van der Waals surface area contributed by atoms with Crippen LogP contribution < -0.4 is 5.32 Å². The lowest BCUT2D eigenvalue weighted by Gasteiger charge is -2.18. The number of benzene rings is 2. The summed E-state index contributed by atoms with van der Waals surface area (Å²) >= 11 is 0. The van der Waals surface area contributed by atoms with Crippen LogP contribution in [0.5, 0.6) is 0 Å². The topological polar surface area (TPSA) is 80.1 Å². The summed E-state index contributed by atoms with van der Waals surface area (Å²) in [5.74, 6) is -0.456. The molecule has 0 bridgehead atoms. The number of nitrogens with one attached hydrogen (secondary N) is 1. The smallest absolute Gasteiger partial charge is 0.273 e. The minimum atomic E-state index is -0.324. The van der Waals surface area contributed by atoms with Gasteiger partial charge in [-0.15, -0.1) is 5.10 Å². The van der Waals surface area contributed by atoms with Crippen LogP contribution in [0.3, 0.4) is 0 Å².